The van der Waals surface area contributed by atoms with Gasteiger partial charge in [0.1, 0.15) is 5.75 Å². The summed E-state index contributed by atoms with van der Waals surface area (Å²) in [5.74, 6) is -0.436. The van der Waals surface area contributed by atoms with Gasteiger partial charge in [0.05, 0.1) is 19.4 Å². The number of para-hydroxylation sites is 1. The summed E-state index contributed by atoms with van der Waals surface area (Å²) in [6, 6.07) is 6.80. The highest BCUT2D eigenvalue weighted by molar-refractivity contribution is 5.81. The topological polar surface area (TPSA) is 66.8 Å². The molecule has 1 fully saturated rings. The highest BCUT2D eigenvalue weighted by Crippen LogP contribution is 2.21. The van der Waals surface area contributed by atoms with Crippen molar-refractivity contribution < 1.29 is 19.4 Å². The maximum absolute atomic E-state index is 12.2. The Kier molecular flexibility index (Phi) is 4.61. The van der Waals surface area contributed by atoms with Gasteiger partial charge in [-0.25, -0.2) is 0 Å². The van der Waals surface area contributed by atoms with Gasteiger partial charge in [0.2, 0.25) is 5.91 Å². The number of piperidine rings is 1. The standard InChI is InChI=1S/C15H19NO4/c1-20-15(19)12-6-4-8-16(10-12)14(18)9-11-5-2-3-7-13(11)17/h2-3,5,7,12,17H,4,6,8-10H2,1H3. The number of carbonyl (C=O) groups excluding carboxylic acids is 2. The summed E-state index contributed by atoms with van der Waals surface area (Å²) in [5, 5.41) is 9.69. The monoisotopic (exact) mass is 277 g/mol. The van der Waals surface area contributed by atoms with Gasteiger partial charge in [-0.1, -0.05) is 18.2 Å². The molecular formula is C15H19NO4. The van der Waals surface area contributed by atoms with Crippen molar-refractivity contribution in [1.82, 2.24) is 4.90 Å². The van der Waals surface area contributed by atoms with Crippen LogP contribution in [-0.2, 0) is 20.7 Å². The summed E-state index contributed by atoms with van der Waals surface area (Å²) < 4.78 is 4.74. The maximum atomic E-state index is 12.2. The first kappa shape index (κ1) is 14.4. The number of hydrogen-bond acceptors (Lipinski definition) is 4. The first-order valence-corrected chi connectivity index (χ1v) is 6.74. The van der Waals surface area contributed by atoms with Crippen LogP contribution in [0.2, 0.25) is 0 Å². The second-order valence-corrected chi connectivity index (χ2v) is 5.01. The predicted molar refractivity (Wildman–Crippen MR) is 73.1 cm³/mol. The number of ether oxygens (including phenoxy) is 1. The second-order valence-electron chi connectivity index (χ2n) is 5.01. The molecule has 1 aromatic rings. The lowest BCUT2D eigenvalue weighted by Gasteiger charge is -2.31. The average Bonchev–Trinajstić information content (AvgIpc) is 2.49. The molecular weight excluding hydrogens is 258 g/mol. The number of carbonyl (C=O) groups is 2. The van der Waals surface area contributed by atoms with Crippen LogP contribution in [0.4, 0.5) is 0 Å². The van der Waals surface area contributed by atoms with E-state index in [1.54, 1.807) is 29.2 Å². The van der Waals surface area contributed by atoms with Gasteiger partial charge in [0.15, 0.2) is 0 Å². The molecule has 0 aromatic heterocycles. The van der Waals surface area contributed by atoms with Gasteiger partial charge in [-0.3, -0.25) is 9.59 Å². The smallest absolute Gasteiger partial charge is 0.310 e. The lowest BCUT2D eigenvalue weighted by molar-refractivity contribution is -0.148. The molecule has 1 saturated heterocycles. The number of esters is 1. The highest BCUT2D eigenvalue weighted by atomic mass is 16.5. The molecule has 1 aliphatic rings. The molecule has 1 atom stereocenters. The Bertz CT molecular complexity index is 500. The van der Waals surface area contributed by atoms with E-state index in [9.17, 15) is 14.7 Å². The summed E-state index contributed by atoms with van der Waals surface area (Å²) in [4.78, 5) is 25.5. The van der Waals surface area contributed by atoms with Gasteiger partial charge in [0.25, 0.3) is 0 Å². The molecule has 5 nitrogen and oxygen atoms in total. The number of benzene rings is 1. The predicted octanol–water partition coefficient (Wildman–Crippen LogP) is 1.35. The third-order valence-corrected chi connectivity index (χ3v) is 3.64. The average molecular weight is 277 g/mol. The Labute approximate surface area is 118 Å². The van der Waals surface area contributed by atoms with E-state index < -0.39 is 0 Å². The highest BCUT2D eigenvalue weighted by Gasteiger charge is 2.29. The summed E-state index contributed by atoms with van der Waals surface area (Å²) in [6.45, 7) is 1.05. The van der Waals surface area contributed by atoms with Gasteiger partial charge in [-0.15, -0.1) is 0 Å². The lowest BCUT2D eigenvalue weighted by Crippen LogP contribution is -2.43. The van der Waals surface area contributed by atoms with E-state index >= 15 is 0 Å². The van der Waals surface area contributed by atoms with Crippen LogP contribution in [0.25, 0.3) is 0 Å². The van der Waals surface area contributed by atoms with Crippen LogP contribution in [0.1, 0.15) is 18.4 Å². The zero-order valence-corrected chi connectivity index (χ0v) is 11.5. The molecule has 1 amide bonds. The Hall–Kier alpha value is -2.04. The zero-order valence-electron chi connectivity index (χ0n) is 11.5. The molecule has 0 radical (unpaired) electrons. The van der Waals surface area contributed by atoms with E-state index in [2.05, 4.69) is 0 Å². The maximum Gasteiger partial charge on any atom is 0.310 e. The van der Waals surface area contributed by atoms with Crippen molar-refractivity contribution in [2.45, 2.75) is 19.3 Å². The minimum atomic E-state index is -0.259. The molecule has 0 aliphatic carbocycles. The molecule has 0 saturated carbocycles. The fourth-order valence-corrected chi connectivity index (χ4v) is 2.50. The summed E-state index contributed by atoms with van der Waals surface area (Å²) in [5.41, 5.74) is 0.609. The Morgan fingerprint density at radius 2 is 2.15 bits per heavy atom. The summed E-state index contributed by atoms with van der Waals surface area (Å²) in [6.07, 6.45) is 1.71. The molecule has 0 bridgehead atoms. The molecule has 1 unspecified atom stereocenters. The number of phenols is 1. The normalized spacial score (nSPS) is 18.6. The van der Waals surface area contributed by atoms with Gasteiger partial charge in [0, 0.05) is 18.7 Å². The molecule has 1 N–H and O–H groups in total. The summed E-state index contributed by atoms with van der Waals surface area (Å²) in [7, 11) is 1.37. The van der Waals surface area contributed by atoms with Gasteiger partial charge in [-0.05, 0) is 18.9 Å². The van der Waals surface area contributed by atoms with E-state index in [0.29, 0.717) is 18.7 Å². The van der Waals surface area contributed by atoms with Crippen molar-refractivity contribution >= 4 is 11.9 Å². The number of aromatic hydroxyl groups is 1. The van der Waals surface area contributed by atoms with Crippen LogP contribution in [0.15, 0.2) is 24.3 Å². The van der Waals surface area contributed by atoms with E-state index in [4.69, 9.17) is 4.74 Å². The van der Waals surface area contributed by atoms with Crippen molar-refractivity contribution in [2.75, 3.05) is 20.2 Å². The third-order valence-electron chi connectivity index (χ3n) is 3.64. The van der Waals surface area contributed by atoms with E-state index in [1.807, 2.05) is 0 Å². The Morgan fingerprint density at radius 1 is 1.40 bits per heavy atom. The molecule has 5 heteroatoms. The van der Waals surface area contributed by atoms with Crippen molar-refractivity contribution in [3.63, 3.8) is 0 Å². The number of rotatable bonds is 3. The Balaban J connectivity index is 1.99. The van der Waals surface area contributed by atoms with Gasteiger partial charge in [-0.2, -0.15) is 0 Å². The van der Waals surface area contributed by atoms with Crippen LogP contribution in [0.5, 0.6) is 5.75 Å². The molecule has 20 heavy (non-hydrogen) atoms. The van der Waals surface area contributed by atoms with Crippen LogP contribution < -0.4 is 0 Å². The molecule has 108 valence electrons. The van der Waals surface area contributed by atoms with Crippen LogP contribution in [0, 0.1) is 5.92 Å². The number of likely N-dealkylation sites (tertiary alicyclic amines) is 1. The molecule has 1 heterocycles. The van der Waals surface area contributed by atoms with Gasteiger partial charge >= 0.3 is 5.97 Å². The number of amides is 1. The fourth-order valence-electron chi connectivity index (χ4n) is 2.50. The van der Waals surface area contributed by atoms with Crippen molar-refractivity contribution in [3.8, 4) is 5.75 Å². The first-order valence-electron chi connectivity index (χ1n) is 6.74. The lowest BCUT2D eigenvalue weighted by atomic mass is 9.97. The largest absolute Gasteiger partial charge is 0.508 e. The second kappa shape index (κ2) is 6.41. The van der Waals surface area contributed by atoms with Gasteiger partial charge < -0.3 is 14.7 Å². The van der Waals surface area contributed by atoms with E-state index in [1.165, 1.54) is 7.11 Å². The van der Waals surface area contributed by atoms with Crippen LogP contribution in [0.3, 0.4) is 0 Å². The number of nitrogens with zero attached hydrogens (tertiary/aromatic N) is 1. The van der Waals surface area contributed by atoms with Crippen LogP contribution >= 0.6 is 0 Å². The third kappa shape index (κ3) is 3.29. The molecule has 2 rings (SSSR count). The zero-order chi connectivity index (χ0) is 14.5. The minimum Gasteiger partial charge on any atom is -0.508 e. The summed E-state index contributed by atoms with van der Waals surface area (Å²) >= 11 is 0. The number of phenolic OH excluding ortho intramolecular Hbond substituents is 1. The first-order chi connectivity index (χ1) is 9.61. The number of hydrogen-bond donors (Lipinski definition) is 1. The Morgan fingerprint density at radius 3 is 2.85 bits per heavy atom. The van der Waals surface area contributed by atoms with Crippen molar-refractivity contribution in [1.29, 1.82) is 0 Å². The van der Waals surface area contributed by atoms with E-state index in [-0.39, 0.29) is 30.0 Å². The SMILES string of the molecule is COC(=O)C1CCCN(C(=O)Cc2ccccc2O)C1. The molecule has 1 aliphatic heterocycles. The van der Waals surface area contributed by atoms with Crippen LogP contribution in [-0.4, -0.2) is 42.1 Å². The minimum absolute atomic E-state index is 0.0693. The fraction of sp³-hybridized carbons (Fsp3) is 0.467. The number of methoxy groups -OCH3 is 1. The van der Waals surface area contributed by atoms with E-state index in [0.717, 1.165) is 12.8 Å². The van der Waals surface area contributed by atoms with Crippen molar-refractivity contribution in [2.24, 2.45) is 5.92 Å². The molecule has 0 spiro atoms. The molecule has 1 aromatic carbocycles. The van der Waals surface area contributed by atoms with Crippen molar-refractivity contribution in [3.05, 3.63) is 29.8 Å². The quantitative estimate of drug-likeness (QED) is 0.847.